The zero-order chi connectivity index (χ0) is 14.9. The first-order valence-corrected chi connectivity index (χ1v) is 8.25. The highest BCUT2D eigenvalue weighted by atomic mass is 16.1. The van der Waals surface area contributed by atoms with Crippen LogP contribution in [-0.2, 0) is 10.2 Å². The molecule has 0 saturated carbocycles. The number of anilines is 1. The van der Waals surface area contributed by atoms with E-state index in [9.17, 15) is 4.79 Å². The van der Waals surface area contributed by atoms with Gasteiger partial charge in [0.1, 0.15) is 6.29 Å². The Morgan fingerprint density at radius 2 is 2.23 bits per heavy atom. The summed E-state index contributed by atoms with van der Waals surface area (Å²) in [5.41, 5.74) is 6.25. The number of nitrogens with zero attached hydrogens (tertiary/aromatic N) is 1. The van der Waals surface area contributed by atoms with Crippen molar-refractivity contribution in [2.24, 2.45) is 5.92 Å². The second-order valence-electron chi connectivity index (χ2n) is 6.98. The van der Waals surface area contributed by atoms with Crippen LogP contribution in [0.4, 0.5) is 5.69 Å². The molecule has 2 fully saturated rings. The average Bonchev–Trinajstić information content (AvgIpc) is 3.11. The molecule has 2 bridgehead atoms. The fourth-order valence-electron chi connectivity index (χ4n) is 5.44. The van der Waals surface area contributed by atoms with E-state index in [0.717, 1.165) is 37.8 Å². The summed E-state index contributed by atoms with van der Waals surface area (Å²) in [5.74, 6) is 0.312. The number of carbonyl (C=O) groups is 1. The molecular weight excluding hydrogens is 272 g/mol. The largest absolute Gasteiger partial charge is 0.358 e. The van der Waals surface area contributed by atoms with Crippen LogP contribution in [0.1, 0.15) is 25.3 Å². The van der Waals surface area contributed by atoms with Gasteiger partial charge in [-0.05, 0) is 31.4 Å². The van der Waals surface area contributed by atoms with Crippen molar-refractivity contribution in [2.45, 2.75) is 31.2 Å². The van der Waals surface area contributed by atoms with Crippen LogP contribution >= 0.6 is 0 Å². The minimum Gasteiger partial charge on any atom is -0.358 e. The first kappa shape index (κ1) is 12.7. The fraction of sp³-hybridized carbons (Fsp3) is 0.421. The van der Waals surface area contributed by atoms with Crippen molar-refractivity contribution in [3.63, 3.8) is 0 Å². The summed E-state index contributed by atoms with van der Waals surface area (Å²) in [5, 5.41) is 3.62. The van der Waals surface area contributed by atoms with Crippen molar-refractivity contribution < 1.29 is 4.79 Å². The van der Waals surface area contributed by atoms with Crippen LogP contribution in [0.15, 0.2) is 47.2 Å². The lowest BCUT2D eigenvalue weighted by molar-refractivity contribution is -0.105. The zero-order valence-corrected chi connectivity index (χ0v) is 12.8. The molecular formula is C19H20N2O. The van der Waals surface area contributed by atoms with Gasteiger partial charge < -0.3 is 5.32 Å². The van der Waals surface area contributed by atoms with E-state index in [0.29, 0.717) is 12.0 Å². The van der Waals surface area contributed by atoms with E-state index in [1.165, 1.54) is 22.5 Å². The molecule has 0 aromatic heterocycles. The molecule has 0 amide bonds. The molecule has 3 nitrogen and oxygen atoms in total. The van der Waals surface area contributed by atoms with Crippen LogP contribution in [-0.4, -0.2) is 30.3 Å². The Morgan fingerprint density at radius 1 is 1.36 bits per heavy atom. The van der Waals surface area contributed by atoms with Gasteiger partial charge in [-0.25, -0.2) is 0 Å². The first-order chi connectivity index (χ1) is 10.8. The third kappa shape index (κ3) is 1.25. The number of fused-ring (bicyclic) bond motifs is 2. The predicted octanol–water partition coefficient (Wildman–Crippen LogP) is 2.86. The van der Waals surface area contributed by atoms with Crippen LogP contribution in [0.3, 0.4) is 0 Å². The molecule has 5 rings (SSSR count). The molecule has 2 saturated heterocycles. The lowest BCUT2D eigenvalue weighted by Gasteiger charge is -2.48. The van der Waals surface area contributed by atoms with Gasteiger partial charge in [0.15, 0.2) is 0 Å². The topological polar surface area (TPSA) is 32.3 Å². The standard InChI is InChI=1S/C19H20N2O/c1-2-12-10-21-8-7-19-15-5-3-4-6-16(15)20-18(19)14(11-22)13(12)9-17(19)21/h2-6,11,13,17,20H,7-10H2,1H3/b12-2+/t13-,17+,19+/m0/s1. The van der Waals surface area contributed by atoms with Gasteiger partial charge in [0, 0.05) is 42.0 Å². The van der Waals surface area contributed by atoms with Gasteiger partial charge in [0.05, 0.1) is 5.41 Å². The molecule has 22 heavy (non-hydrogen) atoms. The van der Waals surface area contributed by atoms with Gasteiger partial charge in [-0.1, -0.05) is 29.8 Å². The summed E-state index contributed by atoms with van der Waals surface area (Å²) in [4.78, 5) is 14.6. The summed E-state index contributed by atoms with van der Waals surface area (Å²) in [7, 11) is 0. The van der Waals surface area contributed by atoms with E-state index in [1.54, 1.807) is 0 Å². The molecule has 1 aliphatic carbocycles. The van der Waals surface area contributed by atoms with Crippen LogP contribution < -0.4 is 5.32 Å². The Kier molecular flexibility index (Phi) is 2.36. The van der Waals surface area contributed by atoms with E-state index in [2.05, 4.69) is 47.5 Å². The number of hydrogen-bond donors (Lipinski definition) is 1. The van der Waals surface area contributed by atoms with Crippen LogP contribution in [0.2, 0.25) is 0 Å². The summed E-state index contributed by atoms with van der Waals surface area (Å²) in [6.07, 6.45) is 5.55. The van der Waals surface area contributed by atoms with E-state index in [1.807, 2.05) is 0 Å². The maximum atomic E-state index is 11.9. The van der Waals surface area contributed by atoms with Crippen molar-refractivity contribution in [2.75, 3.05) is 18.4 Å². The normalized spacial score (nSPS) is 37.0. The molecule has 0 radical (unpaired) electrons. The van der Waals surface area contributed by atoms with Gasteiger partial charge in [-0.3, -0.25) is 9.69 Å². The summed E-state index contributed by atoms with van der Waals surface area (Å²) in [6, 6.07) is 9.16. The quantitative estimate of drug-likeness (QED) is 0.638. The molecule has 1 aromatic carbocycles. The van der Waals surface area contributed by atoms with Crippen molar-refractivity contribution in [1.29, 1.82) is 0 Å². The van der Waals surface area contributed by atoms with E-state index >= 15 is 0 Å². The molecule has 3 heteroatoms. The minimum absolute atomic E-state index is 0.0304. The Balaban J connectivity index is 1.83. The van der Waals surface area contributed by atoms with Crippen LogP contribution in [0.5, 0.6) is 0 Å². The van der Waals surface area contributed by atoms with Gasteiger partial charge in [0.25, 0.3) is 0 Å². The summed E-state index contributed by atoms with van der Waals surface area (Å²) < 4.78 is 0. The van der Waals surface area contributed by atoms with Crippen LogP contribution in [0.25, 0.3) is 0 Å². The van der Waals surface area contributed by atoms with Gasteiger partial charge >= 0.3 is 0 Å². The van der Waals surface area contributed by atoms with E-state index in [4.69, 9.17) is 0 Å². The number of rotatable bonds is 1. The molecule has 4 aliphatic rings. The SMILES string of the molecule is C/C=C1\CN2CC[C@]34C(=C(C=O)[C@H]1C[C@@H]23)Nc1ccccc14. The van der Waals surface area contributed by atoms with Gasteiger partial charge in [0.2, 0.25) is 0 Å². The molecule has 3 aliphatic heterocycles. The minimum atomic E-state index is 0.0304. The predicted molar refractivity (Wildman–Crippen MR) is 86.7 cm³/mol. The second-order valence-corrected chi connectivity index (χ2v) is 6.98. The number of para-hydroxylation sites is 1. The Hall–Kier alpha value is -1.87. The van der Waals surface area contributed by atoms with Crippen molar-refractivity contribution in [3.8, 4) is 0 Å². The van der Waals surface area contributed by atoms with Crippen LogP contribution in [0, 0.1) is 5.92 Å². The highest BCUT2D eigenvalue weighted by Crippen LogP contribution is 2.60. The Labute approximate surface area is 130 Å². The number of hydrogen-bond acceptors (Lipinski definition) is 3. The smallest absolute Gasteiger partial charge is 0.148 e. The molecule has 112 valence electrons. The van der Waals surface area contributed by atoms with Crippen molar-refractivity contribution >= 4 is 12.0 Å². The maximum Gasteiger partial charge on any atom is 0.148 e. The number of nitrogens with one attached hydrogen (secondary N) is 1. The fourth-order valence-corrected chi connectivity index (χ4v) is 5.44. The molecule has 3 heterocycles. The monoisotopic (exact) mass is 292 g/mol. The van der Waals surface area contributed by atoms with Crippen molar-refractivity contribution in [3.05, 3.63) is 52.7 Å². The molecule has 3 atom stereocenters. The molecule has 0 unspecified atom stereocenters. The second kappa shape index (κ2) is 4.11. The zero-order valence-electron chi connectivity index (χ0n) is 12.8. The lowest BCUT2D eigenvalue weighted by atomic mass is 9.62. The number of piperidine rings is 1. The van der Waals surface area contributed by atoms with Gasteiger partial charge in [-0.2, -0.15) is 0 Å². The third-order valence-corrected chi connectivity index (χ3v) is 6.37. The number of benzene rings is 1. The third-order valence-electron chi connectivity index (χ3n) is 6.37. The summed E-state index contributed by atoms with van der Waals surface area (Å²) >= 11 is 0. The number of carbonyl (C=O) groups excluding carboxylic acids is 1. The maximum absolute atomic E-state index is 11.9. The van der Waals surface area contributed by atoms with Gasteiger partial charge in [-0.15, -0.1) is 0 Å². The Bertz CT molecular complexity index is 748. The number of aldehydes is 1. The Morgan fingerprint density at radius 3 is 3.05 bits per heavy atom. The highest BCUT2D eigenvalue weighted by molar-refractivity contribution is 5.84. The highest BCUT2D eigenvalue weighted by Gasteiger charge is 2.60. The first-order valence-electron chi connectivity index (χ1n) is 8.25. The lowest BCUT2D eigenvalue weighted by Crippen LogP contribution is -2.52. The van der Waals surface area contributed by atoms with E-state index < -0.39 is 0 Å². The average molecular weight is 292 g/mol. The molecule has 1 spiro atoms. The van der Waals surface area contributed by atoms with Crippen molar-refractivity contribution in [1.82, 2.24) is 4.90 Å². The number of allylic oxidation sites excluding steroid dienone is 2. The molecule has 1 N–H and O–H groups in total. The summed E-state index contributed by atoms with van der Waals surface area (Å²) in [6.45, 7) is 4.26. The van der Waals surface area contributed by atoms with E-state index in [-0.39, 0.29) is 5.41 Å². The molecule has 1 aromatic rings.